The summed E-state index contributed by atoms with van der Waals surface area (Å²) in [5.74, 6) is -0.220. The maximum absolute atomic E-state index is 13.9. The summed E-state index contributed by atoms with van der Waals surface area (Å²) in [6, 6.07) is 22.2. The number of hydrogen-bond acceptors (Lipinski definition) is 3. The first kappa shape index (κ1) is 24.3. The molecule has 1 aromatic heterocycles. The summed E-state index contributed by atoms with van der Waals surface area (Å²) < 4.78 is 15.6. The molecule has 1 atom stereocenters. The van der Waals surface area contributed by atoms with Crippen LogP contribution in [0.1, 0.15) is 60.9 Å². The maximum atomic E-state index is 13.9. The molecule has 0 N–H and O–H groups in total. The molecular formula is C29H30FN3O2. The van der Waals surface area contributed by atoms with Crippen molar-refractivity contribution >= 4 is 16.8 Å². The van der Waals surface area contributed by atoms with Crippen molar-refractivity contribution in [2.24, 2.45) is 0 Å². The van der Waals surface area contributed by atoms with E-state index < -0.39 is 11.9 Å². The van der Waals surface area contributed by atoms with Crippen molar-refractivity contribution in [2.75, 3.05) is 6.54 Å². The van der Waals surface area contributed by atoms with Crippen molar-refractivity contribution in [3.8, 4) is 0 Å². The zero-order valence-electron chi connectivity index (χ0n) is 20.2. The van der Waals surface area contributed by atoms with Gasteiger partial charge in [0.1, 0.15) is 11.6 Å². The number of carbonyl (C=O) groups is 1. The summed E-state index contributed by atoms with van der Waals surface area (Å²) >= 11 is 0. The van der Waals surface area contributed by atoms with Crippen molar-refractivity contribution in [2.45, 2.75) is 45.7 Å². The van der Waals surface area contributed by atoms with Crippen LogP contribution in [-0.2, 0) is 6.54 Å². The molecule has 1 unspecified atom stereocenters. The third-order valence-electron chi connectivity index (χ3n) is 6.25. The fourth-order valence-corrected chi connectivity index (χ4v) is 4.35. The van der Waals surface area contributed by atoms with E-state index in [0.717, 1.165) is 24.8 Å². The molecule has 180 valence electrons. The van der Waals surface area contributed by atoms with Gasteiger partial charge in [0.05, 0.1) is 23.5 Å². The molecule has 3 aromatic carbocycles. The Kier molecular flexibility index (Phi) is 7.70. The maximum Gasteiger partial charge on any atom is 0.261 e. The number of rotatable bonds is 9. The second kappa shape index (κ2) is 11.1. The van der Waals surface area contributed by atoms with Gasteiger partial charge < -0.3 is 4.90 Å². The summed E-state index contributed by atoms with van der Waals surface area (Å²) in [7, 11) is 0. The molecular weight excluding hydrogens is 441 g/mol. The predicted molar refractivity (Wildman–Crippen MR) is 137 cm³/mol. The van der Waals surface area contributed by atoms with Gasteiger partial charge in [0.15, 0.2) is 0 Å². The SMILES string of the molecule is CCCCCN(C(=O)c1cccc(F)c1)C(C)c1nc2ccccc2c(=O)n1Cc1ccccc1. The van der Waals surface area contributed by atoms with Crippen LogP contribution in [0.4, 0.5) is 4.39 Å². The Morgan fingerprint density at radius 3 is 2.49 bits per heavy atom. The molecule has 1 amide bonds. The van der Waals surface area contributed by atoms with Gasteiger partial charge >= 0.3 is 0 Å². The molecule has 0 aliphatic carbocycles. The van der Waals surface area contributed by atoms with E-state index in [0.29, 0.717) is 29.8 Å². The zero-order valence-corrected chi connectivity index (χ0v) is 20.2. The summed E-state index contributed by atoms with van der Waals surface area (Å²) in [6.07, 6.45) is 2.77. The molecule has 0 radical (unpaired) electrons. The summed E-state index contributed by atoms with van der Waals surface area (Å²) in [5.41, 5.74) is 1.70. The Balaban J connectivity index is 1.82. The topological polar surface area (TPSA) is 55.2 Å². The first-order chi connectivity index (χ1) is 17.0. The number of fused-ring (bicyclic) bond motifs is 1. The second-order valence-corrected chi connectivity index (χ2v) is 8.76. The fourth-order valence-electron chi connectivity index (χ4n) is 4.35. The van der Waals surface area contributed by atoms with Crippen LogP contribution in [0.3, 0.4) is 0 Å². The first-order valence-electron chi connectivity index (χ1n) is 12.1. The minimum atomic E-state index is -0.497. The van der Waals surface area contributed by atoms with Gasteiger partial charge in [0.25, 0.3) is 11.5 Å². The Hall–Kier alpha value is -3.80. The first-order valence-corrected chi connectivity index (χ1v) is 12.1. The van der Waals surface area contributed by atoms with Crippen LogP contribution < -0.4 is 5.56 Å². The van der Waals surface area contributed by atoms with E-state index in [9.17, 15) is 14.0 Å². The normalized spacial score (nSPS) is 12.0. The average molecular weight is 472 g/mol. The van der Waals surface area contributed by atoms with Gasteiger partial charge in [-0.3, -0.25) is 14.2 Å². The Labute approximate surface area is 204 Å². The molecule has 0 bridgehead atoms. The van der Waals surface area contributed by atoms with Gasteiger partial charge in [0, 0.05) is 12.1 Å². The second-order valence-electron chi connectivity index (χ2n) is 8.76. The molecule has 5 nitrogen and oxygen atoms in total. The lowest BCUT2D eigenvalue weighted by Crippen LogP contribution is -2.38. The number of amides is 1. The third-order valence-corrected chi connectivity index (χ3v) is 6.25. The van der Waals surface area contributed by atoms with Crippen molar-refractivity contribution in [3.05, 3.63) is 112 Å². The minimum absolute atomic E-state index is 0.145. The Bertz CT molecular complexity index is 1370. The standard InChI is InChI=1S/C29H30FN3O2/c1-3-4-10-18-32(28(34)23-14-11-15-24(30)19-23)21(2)27-31-26-17-9-8-16-25(26)29(35)33(27)20-22-12-6-5-7-13-22/h5-9,11-17,19,21H,3-4,10,18,20H2,1-2H3. The quantitative estimate of drug-likeness (QED) is 0.282. The zero-order chi connectivity index (χ0) is 24.8. The molecule has 0 saturated heterocycles. The summed E-state index contributed by atoms with van der Waals surface area (Å²) in [4.78, 5) is 33.7. The predicted octanol–water partition coefficient (Wildman–Crippen LogP) is 5.98. The summed E-state index contributed by atoms with van der Waals surface area (Å²) in [5, 5.41) is 0.536. The van der Waals surface area contributed by atoms with Crippen molar-refractivity contribution in [1.82, 2.24) is 14.5 Å². The average Bonchev–Trinajstić information content (AvgIpc) is 2.88. The number of benzene rings is 3. The van der Waals surface area contributed by atoms with E-state index in [1.807, 2.05) is 55.5 Å². The fraction of sp³-hybridized carbons (Fsp3) is 0.276. The molecule has 35 heavy (non-hydrogen) atoms. The molecule has 0 aliphatic heterocycles. The lowest BCUT2D eigenvalue weighted by Gasteiger charge is -2.31. The molecule has 1 heterocycles. The highest BCUT2D eigenvalue weighted by Gasteiger charge is 2.27. The van der Waals surface area contributed by atoms with Gasteiger partial charge in [-0.25, -0.2) is 9.37 Å². The monoisotopic (exact) mass is 471 g/mol. The largest absolute Gasteiger partial charge is 0.329 e. The van der Waals surface area contributed by atoms with E-state index in [1.54, 1.807) is 21.6 Å². The number of nitrogens with zero attached hydrogens (tertiary/aromatic N) is 3. The highest BCUT2D eigenvalue weighted by atomic mass is 19.1. The molecule has 4 aromatic rings. The number of unbranched alkanes of at least 4 members (excludes halogenated alkanes) is 2. The number of para-hydroxylation sites is 1. The Morgan fingerprint density at radius 2 is 1.74 bits per heavy atom. The number of carbonyl (C=O) groups excluding carboxylic acids is 1. The number of aromatic nitrogens is 2. The van der Waals surface area contributed by atoms with E-state index >= 15 is 0 Å². The molecule has 4 rings (SSSR count). The van der Waals surface area contributed by atoms with Gasteiger partial charge in [-0.15, -0.1) is 0 Å². The lowest BCUT2D eigenvalue weighted by molar-refractivity contribution is 0.0675. The molecule has 0 spiro atoms. The number of halogens is 1. The summed E-state index contributed by atoms with van der Waals surface area (Å²) in [6.45, 7) is 4.82. The van der Waals surface area contributed by atoms with Crippen molar-refractivity contribution in [3.63, 3.8) is 0 Å². The Morgan fingerprint density at radius 1 is 1.00 bits per heavy atom. The highest BCUT2D eigenvalue weighted by Crippen LogP contribution is 2.24. The van der Waals surface area contributed by atoms with Gasteiger partial charge in [-0.05, 0) is 49.2 Å². The lowest BCUT2D eigenvalue weighted by atomic mass is 10.1. The van der Waals surface area contributed by atoms with E-state index in [2.05, 4.69) is 6.92 Å². The van der Waals surface area contributed by atoms with Crippen molar-refractivity contribution < 1.29 is 9.18 Å². The van der Waals surface area contributed by atoms with Crippen LogP contribution in [0.15, 0.2) is 83.7 Å². The van der Waals surface area contributed by atoms with Crippen LogP contribution in [0.25, 0.3) is 10.9 Å². The molecule has 6 heteroatoms. The van der Waals surface area contributed by atoms with Crippen molar-refractivity contribution in [1.29, 1.82) is 0 Å². The molecule has 0 fully saturated rings. The highest BCUT2D eigenvalue weighted by molar-refractivity contribution is 5.94. The van der Waals surface area contributed by atoms with Crippen LogP contribution in [0.2, 0.25) is 0 Å². The van der Waals surface area contributed by atoms with Crippen LogP contribution in [-0.4, -0.2) is 26.9 Å². The van der Waals surface area contributed by atoms with E-state index in [4.69, 9.17) is 4.98 Å². The smallest absolute Gasteiger partial charge is 0.261 e. The van der Waals surface area contributed by atoms with Crippen LogP contribution in [0.5, 0.6) is 0 Å². The van der Waals surface area contributed by atoms with Crippen LogP contribution >= 0.6 is 0 Å². The van der Waals surface area contributed by atoms with Crippen LogP contribution in [0, 0.1) is 5.82 Å². The van der Waals surface area contributed by atoms with E-state index in [-0.39, 0.29) is 17.0 Å². The third kappa shape index (κ3) is 5.48. The van der Waals surface area contributed by atoms with E-state index in [1.165, 1.54) is 18.2 Å². The van der Waals surface area contributed by atoms with Gasteiger partial charge in [-0.1, -0.05) is 68.3 Å². The van der Waals surface area contributed by atoms with Gasteiger partial charge in [-0.2, -0.15) is 0 Å². The minimum Gasteiger partial charge on any atom is -0.329 e. The number of hydrogen-bond donors (Lipinski definition) is 0. The molecule has 0 saturated carbocycles. The van der Waals surface area contributed by atoms with Gasteiger partial charge in [0.2, 0.25) is 0 Å². The molecule has 0 aliphatic rings.